The second kappa shape index (κ2) is 24.9. The Bertz CT molecular complexity index is 1480. The largest absolute Gasteiger partial charge is 0.184 e. The number of benzene rings is 4. The zero-order valence-electron chi connectivity index (χ0n) is 27.3. The van der Waals surface area contributed by atoms with Gasteiger partial charge in [-0.15, -0.1) is 64.2 Å². The fraction of sp³-hybridized carbons (Fsp3) is 0.268. The predicted molar refractivity (Wildman–Crippen MR) is 201 cm³/mol. The number of unbranched alkanes of at least 4 members (excludes halogenated alkanes) is 3. The van der Waals surface area contributed by atoms with Crippen molar-refractivity contribution in [2.75, 3.05) is 0 Å². The Morgan fingerprint density at radius 1 is 0.711 bits per heavy atom. The fourth-order valence-electron chi connectivity index (χ4n) is 5.00. The summed E-state index contributed by atoms with van der Waals surface area (Å²) in [7, 11) is 11.0. The molecule has 0 atom stereocenters. The van der Waals surface area contributed by atoms with E-state index in [1.807, 2.05) is 30.3 Å². The van der Waals surface area contributed by atoms with E-state index in [0.29, 0.717) is 0 Å². The van der Waals surface area contributed by atoms with Crippen molar-refractivity contribution in [3.63, 3.8) is 0 Å². The van der Waals surface area contributed by atoms with Crippen LogP contribution in [0.1, 0.15) is 57.1 Å². The molecule has 0 bridgehead atoms. The molecule has 0 saturated carbocycles. The standard InChI is InChI=1S/C24H29.C9H7.C6H5.C2H6Si.2ClH.Zr/c1-3-5-6-7-10-19-13-15-21(16-14-19)23-12-8-11-22-17-20(9-4-2)18-24(22)23;1-2-5-9-7-3-6-8(9)4-1;1-2-4-6-5-3-1;1-3-2;;;/h8,11-18H,3-7,9-10H2,1-2H3;1-7H;1-5H;1-2H3;2*1H;/q3*-1;;;;+2/p-2. The average Bonchev–Trinajstić information content (AvgIpc) is 3.73. The summed E-state index contributed by atoms with van der Waals surface area (Å²) in [6.07, 6.45) is 8.92. The van der Waals surface area contributed by atoms with Gasteiger partial charge in [0.1, 0.15) is 0 Å². The van der Waals surface area contributed by atoms with Gasteiger partial charge >= 0.3 is 37.9 Å². The maximum Gasteiger partial charge on any atom is -0.0809 e. The minimum atomic E-state index is -0.826. The summed E-state index contributed by atoms with van der Waals surface area (Å²) in [4.78, 5) is 0. The van der Waals surface area contributed by atoms with Gasteiger partial charge in [-0.1, -0.05) is 94.6 Å². The monoisotopic (exact) mass is 727 g/mol. The Kier molecular flexibility index (Phi) is 21.6. The van der Waals surface area contributed by atoms with Crippen LogP contribution in [0, 0.1) is 6.07 Å². The van der Waals surface area contributed by atoms with Crippen LogP contribution in [0.5, 0.6) is 0 Å². The number of aryl methyl sites for hydroxylation is 2. The van der Waals surface area contributed by atoms with E-state index in [0.717, 1.165) is 9.52 Å². The molecule has 2 radical (unpaired) electrons. The minimum absolute atomic E-state index is 0.826. The first-order chi connectivity index (χ1) is 22.1. The summed E-state index contributed by atoms with van der Waals surface area (Å²) in [5.41, 5.74) is 5.64. The fourth-order valence-corrected chi connectivity index (χ4v) is 5.00. The number of hydrogen-bond acceptors (Lipinski definition) is 0. The van der Waals surface area contributed by atoms with Gasteiger partial charge in [-0.2, -0.15) is 60.0 Å². The molecule has 6 aromatic carbocycles. The number of rotatable bonds is 8. The quantitative estimate of drug-likeness (QED) is 0.0831. The summed E-state index contributed by atoms with van der Waals surface area (Å²) < 4.78 is 0. The normalized spacial score (nSPS) is 9.82. The molecule has 0 nitrogen and oxygen atoms in total. The maximum atomic E-state index is 4.93. The van der Waals surface area contributed by atoms with Gasteiger partial charge in [0.15, 0.2) is 0 Å². The SMILES string of the molecule is CCCCCCc1ccc(-c2cccc3[cH-]c(CCC)cc23)cc1.C[Si]C.[Cl][Zr][Cl].[c-]1ccccc1.c1ccc2[cH-]ccc2c1. The molecular weight excluding hydrogens is 683 g/mol. The molecule has 236 valence electrons. The topological polar surface area (TPSA) is 0 Å². The van der Waals surface area contributed by atoms with E-state index in [-0.39, 0.29) is 0 Å². The van der Waals surface area contributed by atoms with Gasteiger partial charge < -0.3 is 0 Å². The van der Waals surface area contributed by atoms with Crippen molar-refractivity contribution in [2.24, 2.45) is 0 Å². The predicted octanol–water partition coefficient (Wildman–Crippen LogP) is 13.5. The summed E-state index contributed by atoms with van der Waals surface area (Å²) in [6.45, 7) is 8.82. The first-order valence-corrected chi connectivity index (χ1v) is 24.3. The van der Waals surface area contributed by atoms with Crippen LogP contribution < -0.4 is 0 Å². The molecule has 0 saturated heterocycles. The van der Waals surface area contributed by atoms with Crippen LogP contribution in [0.2, 0.25) is 13.1 Å². The van der Waals surface area contributed by atoms with E-state index < -0.39 is 20.8 Å². The van der Waals surface area contributed by atoms with E-state index in [9.17, 15) is 0 Å². The summed E-state index contributed by atoms with van der Waals surface area (Å²) in [5.74, 6) is 0. The van der Waals surface area contributed by atoms with E-state index in [1.165, 1.54) is 88.7 Å². The smallest absolute Gasteiger partial charge is 0.0809 e. The molecule has 0 amide bonds. The molecule has 0 aliphatic rings. The molecule has 6 aromatic rings. The number of hydrogen-bond donors (Lipinski definition) is 0. The molecule has 0 unspecified atom stereocenters. The van der Waals surface area contributed by atoms with Gasteiger partial charge in [0, 0.05) is 9.52 Å². The molecule has 6 rings (SSSR count). The first-order valence-electron chi connectivity index (χ1n) is 16.0. The molecule has 4 heteroatoms. The van der Waals surface area contributed by atoms with E-state index in [1.54, 1.807) is 0 Å². The Hall–Kier alpha value is -2.22. The third-order valence-electron chi connectivity index (χ3n) is 7.09. The Morgan fingerprint density at radius 3 is 2.00 bits per heavy atom. The van der Waals surface area contributed by atoms with Gasteiger partial charge in [0.2, 0.25) is 0 Å². The van der Waals surface area contributed by atoms with Crippen LogP contribution in [-0.2, 0) is 33.7 Å². The van der Waals surface area contributed by atoms with Crippen molar-refractivity contribution in [3.8, 4) is 11.1 Å². The van der Waals surface area contributed by atoms with Crippen molar-refractivity contribution in [3.05, 3.63) is 145 Å². The van der Waals surface area contributed by atoms with Crippen molar-refractivity contribution < 1.29 is 20.8 Å². The Labute approximate surface area is 294 Å². The summed E-state index contributed by atoms with van der Waals surface area (Å²) in [5, 5.41) is 5.44. The number of fused-ring (bicyclic) bond motifs is 2. The van der Waals surface area contributed by atoms with Gasteiger partial charge in [0.25, 0.3) is 0 Å². The average molecular weight is 730 g/mol. The van der Waals surface area contributed by atoms with Gasteiger partial charge in [-0.3, -0.25) is 0 Å². The van der Waals surface area contributed by atoms with Gasteiger partial charge in [-0.25, -0.2) is 0 Å². The molecule has 0 aliphatic carbocycles. The van der Waals surface area contributed by atoms with E-state index in [4.69, 9.17) is 17.0 Å². The molecule has 45 heavy (non-hydrogen) atoms. The maximum absolute atomic E-state index is 4.93. The van der Waals surface area contributed by atoms with Crippen LogP contribution in [0.3, 0.4) is 0 Å². The Balaban J connectivity index is 0.000000271. The first kappa shape index (κ1) is 39.0. The van der Waals surface area contributed by atoms with E-state index >= 15 is 0 Å². The molecule has 0 spiro atoms. The molecule has 0 aromatic heterocycles. The number of halogens is 2. The van der Waals surface area contributed by atoms with Crippen LogP contribution in [0.15, 0.2) is 127 Å². The van der Waals surface area contributed by atoms with Crippen LogP contribution >= 0.6 is 17.0 Å². The van der Waals surface area contributed by atoms with Crippen molar-refractivity contribution in [2.45, 2.75) is 71.9 Å². The zero-order valence-corrected chi connectivity index (χ0v) is 32.3. The second-order valence-corrected chi connectivity index (χ2v) is 15.5. The third kappa shape index (κ3) is 15.3. The van der Waals surface area contributed by atoms with Crippen LogP contribution in [-0.4, -0.2) is 9.52 Å². The Morgan fingerprint density at radius 2 is 1.40 bits per heavy atom. The molecule has 0 fully saturated rings. The van der Waals surface area contributed by atoms with Crippen molar-refractivity contribution in [1.82, 2.24) is 0 Å². The molecule has 0 N–H and O–H groups in total. The molecule has 0 heterocycles. The van der Waals surface area contributed by atoms with Crippen molar-refractivity contribution in [1.29, 1.82) is 0 Å². The van der Waals surface area contributed by atoms with Crippen molar-refractivity contribution >= 4 is 48.1 Å². The third-order valence-corrected chi connectivity index (χ3v) is 7.09. The summed E-state index contributed by atoms with van der Waals surface area (Å²) >= 11 is -0.826. The molecular formula is C41H47Cl2SiZr-3. The van der Waals surface area contributed by atoms with Crippen LogP contribution in [0.25, 0.3) is 32.7 Å². The van der Waals surface area contributed by atoms with Crippen LogP contribution in [0.4, 0.5) is 0 Å². The van der Waals surface area contributed by atoms with E-state index in [2.05, 4.69) is 130 Å². The van der Waals surface area contributed by atoms with Gasteiger partial charge in [0.05, 0.1) is 0 Å². The minimum Gasteiger partial charge on any atom is -0.184 e. The molecule has 0 aliphatic heterocycles. The van der Waals surface area contributed by atoms with Gasteiger partial charge in [-0.05, 0) is 30.4 Å². The zero-order chi connectivity index (χ0) is 32.5. The summed E-state index contributed by atoms with van der Waals surface area (Å²) in [6, 6.07) is 47.8. The second-order valence-electron chi connectivity index (χ2n) is 10.7.